The zero-order chi connectivity index (χ0) is 9.68. The van der Waals surface area contributed by atoms with E-state index in [1.807, 2.05) is 6.07 Å². The predicted molar refractivity (Wildman–Crippen MR) is 44.8 cm³/mol. The van der Waals surface area contributed by atoms with Crippen molar-refractivity contribution in [1.82, 2.24) is 0 Å². The van der Waals surface area contributed by atoms with E-state index in [4.69, 9.17) is 10.00 Å². The molecule has 1 rings (SSSR count). The summed E-state index contributed by atoms with van der Waals surface area (Å²) in [6, 6.07) is 2.01. The van der Waals surface area contributed by atoms with Gasteiger partial charge in [0.15, 0.2) is 0 Å². The monoisotopic (exact) mass is 181 g/mol. The summed E-state index contributed by atoms with van der Waals surface area (Å²) in [7, 11) is 1.25. The van der Waals surface area contributed by atoms with Crippen LogP contribution in [0.3, 0.4) is 0 Å². The molecule has 0 aromatic carbocycles. The maximum absolute atomic E-state index is 10.8. The highest BCUT2D eigenvalue weighted by Crippen LogP contribution is 2.20. The van der Waals surface area contributed by atoms with E-state index in [0.29, 0.717) is 12.0 Å². The summed E-state index contributed by atoms with van der Waals surface area (Å²) in [5.41, 5.74) is 0.525. The molecule has 0 amide bonds. The molecule has 0 aromatic rings. The molecule has 0 heterocycles. The second-order valence-corrected chi connectivity index (χ2v) is 2.76. The van der Waals surface area contributed by atoms with Crippen LogP contribution in [0.4, 0.5) is 4.79 Å². The Kier molecular flexibility index (Phi) is 3.32. The van der Waals surface area contributed by atoms with Crippen molar-refractivity contribution in [2.24, 2.45) is 0 Å². The lowest BCUT2D eigenvalue weighted by Crippen LogP contribution is -2.22. The van der Waals surface area contributed by atoms with Gasteiger partial charge in [0.25, 0.3) is 0 Å². The molecule has 0 N–H and O–H groups in total. The summed E-state index contributed by atoms with van der Waals surface area (Å²) in [4.78, 5) is 10.8. The van der Waals surface area contributed by atoms with Crippen molar-refractivity contribution in [2.45, 2.75) is 25.4 Å². The van der Waals surface area contributed by atoms with Crippen LogP contribution in [-0.2, 0) is 9.47 Å². The number of hydrogen-bond donors (Lipinski definition) is 0. The van der Waals surface area contributed by atoms with Crippen LogP contribution >= 0.6 is 0 Å². The minimum atomic E-state index is -0.729. The summed E-state index contributed by atoms with van der Waals surface area (Å²) in [5, 5.41) is 8.70. The lowest BCUT2D eigenvalue weighted by molar-refractivity contribution is 0.0456. The second kappa shape index (κ2) is 4.51. The van der Waals surface area contributed by atoms with Crippen molar-refractivity contribution >= 4 is 6.16 Å². The lowest BCUT2D eigenvalue weighted by atomic mass is 9.97. The fraction of sp³-hybridized carbons (Fsp3) is 0.556. The first kappa shape index (κ1) is 9.59. The molecule has 0 bridgehead atoms. The fourth-order valence-electron chi connectivity index (χ4n) is 1.25. The molecule has 0 saturated carbocycles. The summed E-state index contributed by atoms with van der Waals surface area (Å²) >= 11 is 0. The minimum Gasteiger partial charge on any atom is -0.438 e. The Balaban J connectivity index is 2.58. The van der Waals surface area contributed by atoms with E-state index in [0.717, 1.165) is 12.8 Å². The van der Waals surface area contributed by atoms with Gasteiger partial charge in [0.1, 0.15) is 6.10 Å². The molecule has 0 aromatic heterocycles. The summed E-state index contributed by atoms with van der Waals surface area (Å²) in [6.07, 6.45) is 3.18. The Labute approximate surface area is 76.7 Å². The van der Waals surface area contributed by atoms with Crippen molar-refractivity contribution in [2.75, 3.05) is 7.11 Å². The lowest BCUT2D eigenvalue weighted by Gasteiger charge is -2.19. The van der Waals surface area contributed by atoms with Crippen molar-refractivity contribution in [3.8, 4) is 6.07 Å². The maximum Gasteiger partial charge on any atom is 0.508 e. The van der Waals surface area contributed by atoms with Crippen molar-refractivity contribution in [3.05, 3.63) is 11.6 Å². The molecule has 1 aliphatic carbocycles. The number of carbonyl (C=O) groups is 1. The first-order chi connectivity index (χ1) is 6.27. The van der Waals surface area contributed by atoms with E-state index in [9.17, 15) is 4.79 Å². The van der Waals surface area contributed by atoms with E-state index >= 15 is 0 Å². The van der Waals surface area contributed by atoms with Crippen LogP contribution in [0.5, 0.6) is 0 Å². The number of allylic oxidation sites excluding steroid dienone is 1. The van der Waals surface area contributed by atoms with E-state index in [1.165, 1.54) is 7.11 Å². The number of rotatable bonds is 1. The summed E-state index contributed by atoms with van der Waals surface area (Å²) in [5.74, 6) is 0. The van der Waals surface area contributed by atoms with Gasteiger partial charge in [0.2, 0.25) is 0 Å². The Morgan fingerprint density at radius 2 is 2.54 bits per heavy atom. The van der Waals surface area contributed by atoms with E-state index in [2.05, 4.69) is 4.74 Å². The van der Waals surface area contributed by atoms with Gasteiger partial charge < -0.3 is 9.47 Å². The quantitative estimate of drug-likeness (QED) is 0.578. The molecule has 1 unspecified atom stereocenters. The third-order valence-electron chi connectivity index (χ3n) is 1.92. The minimum absolute atomic E-state index is 0.411. The molecular formula is C9H11NO3. The van der Waals surface area contributed by atoms with Gasteiger partial charge in [-0.3, -0.25) is 0 Å². The van der Waals surface area contributed by atoms with Crippen molar-refractivity contribution < 1.29 is 14.3 Å². The van der Waals surface area contributed by atoms with Crippen LogP contribution in [0.1, 0.15) is 19.3 Å². The predicted octanol–water partition coefficient (Wildman–Crippen LogP) is 1.77. The first-order valence-electron chi connectivity index (χ1n) is 4.12. The largest absolute Gasteiger partial charge is 0.508 e. The highest BCUT2D eigenvalue weighted by atomic mass is 16.7. The highest BCUT2D eigenvalue weighted by molar-refractivity contribution is 5.60. The van der Waals surface area contributed by atoms with Gasteiger partial charge in [-0.1, -0.05) is 6.08 Å². The van der Waals surface area contributed by atoms with Crippen LogP contribution in [0.25, 0.3) is 0 Å². The van der Waals surface area contributed by atoms with Gasteiger partial charge in [-0.05, 0) is 19.3 Å². The van der Waals surface area contributed by atoms with Crippen LogP contribution in [-0.4, -0.2) is 19.4 Å². The van der Waals surface area contributed by atoms with Crippen molar-refractivity contribution in [3.63, 3.8) is 0 Å². The van der Waals surface area contributed by atoms with E-state index in [1.54, 1.807) is 6.08 Å². The molecule has 1 atom stereocenters. The molecule has 13 heavy (non-hydrogen) atoms. The summed E-state index contributed by atoms with van der Waals surface area (Å²) in [6.45, 7) is 0. The zero-order valence-electron chi connectivity index (χ0n) is 7.45. The van der Waals surface area contributed by atoms with Gasteiger partial charge in [-0.2, -0.15) is 5.26 Å². The van der Waals surface area contributed by atoms with Crippen molar-refractivity contribution in [1.29, 1.82) is 5.26 Å². The van der Waals surface area contributed by atoms with Gasteiger partial charge in [-0.15, -0.1) is 0 Å². The number of methoxy groups -OCH3 is 1. The van der Waals surface area contributed by atoms with Gasteiger partial charge in [-0.25, -0.2) is 4.79 Å². The summed E-state index contributed by atoms with van der Waals surface area (Å²) < 4.78 is 9.24. The van der Waals surface area contributed by atoms with Gasteiger partial charge in [0.05, 0.1) is 18.8 Å². The Morgan fingerprint density at radius 1 is 1.77 bits per heavy atom. The second-order valence-electron chi connectivity index (χ2n) is 2.76. The molecule has 4 nitrogen and oxygen atoms in total. The van der Waals surface area contributed by atoms with Crippen LogP contribution < -0.4 is 0 Å². The van der Waals surface area contributed by atoms with E-state index in [-0.39, 0.29) is 0 Å². The number of nitrogens with zero attached hydrogens (tertiary/aromatic N) is 1. The molecule has 0 radical (unpaired) electrons. The third-order valence-corrected chi connectivity index (χ3v) is 1.92. The normalized spacial score (nSPS) is 21.2. The Morgan fingerprint density at radius 3 is 3.15 bits per heavy atom. The Bertz CT molecular complexity index is 265. The van der Waals surface area contributed by atoms with Gasteiger partial charge in [0, 0.05) is 0 Å². The Hall–Kier alpha value is -1.50. The SMILES string of the molecule is COC(=O)OC1CCCC=C1C#N. The maximum atomic E-state index is 10.8. The molecule has 0 saturated heterocycles. The van der Waals surface area contributed by atoms with Crippen LogP contribution in [0.15, 0.2) is 11.6 Å². The number of ether oxygens (including phenoxy) is 2. The first-order valence-corrected chi connectivity index (χ1v) is 4.12. The van der Waals surface area contributed by atoms with Gasteiger partial charge >= 0.3 is 6.16 Å². The average Bonchev–Trinajstić information content (AvgIpc) is 2.18. The molecule has 70 valence electrons. The topological polar surface area (TPSA) is 59.3 Å². The fourth-order valence-corrected chi connectivity index (χ4v) is 1.25. The molecular weight excluding hydrogens is 170 g/mol. The standard InChI is InChI=1S/C9H11NO3/c1-12-9(11)13-8-5-3-2-4-7(8)6-10/h4,8H,2-3,5H2,1H3. The van der Waals surface area contributed by atoms with Crippen LogP contribution in [0, 0.1) is 11.3 Å². The zero-order valence-corrected chi connectivity index (χ0v) is 7.45. The average molecular weight is 181 g/mol. The number of carbonyl (C=O) groups excluding carboxylic acids is 1. The highest BCUT2D eigenvalue weighted by Gasteiger charge is 2.21. The molecule has 4 heteroatoms. The third kappa shape index (κ3) is 2.48. The molecule has 0 spiro atoms. The molecule has 0 fully saturated rings. The number of nitriles is 1. The van der Waals surface area contributed by atoms with E-state index < -0.39 is 12.3 Å². The molecule has 0 aliphatic heterocycles. The number of hydrogen-bond acceptors (Lipinski definition) is 4. The molecule has 1 aliphatic rings. The van der Waals surface area contributed by atoms with Crippen LogP contribution in [0.2, 0.25) is 0 Å². The smallest absolute Gasteiger partial charge is 0.438 e.